The number of amides is 1. The molecule has 0 saturated carbocycles. The number of hydrogen-bond donors (Lipinski definition) is 1. The lowest BCUT2D eigenvalue weighted by atomic mass is 10.1. The molecule has 0 spiro atoms. The maximum atomic E-state index is 12.7. The van der Waals surface area contributed by atoms with Crippen molar-refractivity contribution in [3.63, 3.8) is 0 Å². The van der Waals surface area contributed by atoms with Gasteiger partial charge < -0.3 is 19.5 Å². The maximum absolute atomic E-state index is 12.7. The van der Waals surface area contributed by atoms with Gasteiger partial charge in [-0.1, -0.05) is 17.3 Å². The van der Waals surface area contributed by atoms with Gasteiger partial charge >= 0.3 is 0 Å². The summed E-state index contributed by atoms with van der Waals surface area (Å²) in [6.45, 7) is 3.65. The van der Waals surface area contributed by atoms with E-state index in [1.807, 2.05) is 19.2 Å². The van der Waals surface area contributed by atoms with Crippen LogP contribution >= 0.6 is 0 Å². The third kappa shape index (κ3) is 3.50. The fourth-order valence-electron chi connectivity index (χ4n) is 2.64. The molecule has 1 amide bonds. The molecule has 0 radical (unpaired) electrons. The van der Waals surface area contributed by atoms with Crippen molar-refractivity contribution in [1.82, 2.24) is 20.4 Å². The van der Waals surface area contributed by atoms with Crippen LogP contribution in [0.25, 0.3) is 0 Å². The third-order valence-electron chi connectivity index (χ3n) is 3.95. The molecule has 1 atom stereocenters. The molecule has 1 fully saturated rings. The van der Waals surface area contributed by atoms with Crippen LogP contribution in [0.15, 0.2) is 28.8 Å². The molecule has 7 nitrogen and oxygen atoms in total. The molecule has 23 heavy (non-hydrogen) atoms. The van der Waals surface area contributed by atoms with E-state index in [1.165, 1.54) is 0 Å². The van der Waals surface area contributed by atoms with Crippen LogP contribution in [0.4, 0.5) is 0 Å². The Hall–Kier alpha value is -2.41. The highest BCUT2D eigenvalue weighted by atomic mass is 16.5. The molecule has 122 valence electrons. The van der Waals surface area contributed by atoms with Gasteiger partial charge in [-0.3, -0.25) is 4.79 Å². The highest BCUT2D eigenvalue weighted by Gasteiger charge is 2.25. The predicted octanol–water partition coefficient (Wildman–Crippen LogP) is 1.39. The van der Waals surface area contributed by atoms with E-state index in [4.69, 9.17) is 9.26 Å². The number of nitrogens with zero attached hydrogens (tertiary/aromatic N) is 3. The molecule has 2 aromatic rings. The molecule has 1 N–H and O–H groups in total. The number of likely N-dealkylation sites (N-methyl/N-ethyl adjacent to an activating group) is 1. The number of hydrogen-bond acceptors (Lipinski definition) is 6. The Kier molecular flexibility index (Phi) is 4.57. The molecule has 7 heteroatoms. The van der Waals surface area contributed by atoms with Crippen LogP contribution < -0.4 is 10.1 Å². The molecule has 1 aromatic carbocycles. The molecule has 0 bridgehead atoms. The fraction of sp³-hybridized carbons (Fsp3) is 0.438. The second-order valence-corrected chi connectivity index (χ2v) is 5.58. The second kappa shape index (κ2) is 6.78. The number of carbonyl (C=O) groups excluding carboxylic acids is 1. The number of para-hydroxylation sites is 1. The summed E-state index contributed by atoms with van der Waals surface area (Å²) < 4.78 is 10.6. The molecule has 3 rings (SSSR count). The summed E-state index contributed by atoms with van der Waals surface area (Å²) in [7, 11) is 1.83. The Morgan fingerprint density at radius 2 is 2.30 bits per heavy atom. The van der Waals surface area contributed by atoms with Crippen molar-refractivity contribution in [3.8, 4) is 5.75 Å². The van der Waals surface area contributed by atoms with E-state index in [1.54, 1.807) is 24.0 Å². The molecule has 2 heterocycles. The zero-order valence-corrected chi connectivity index (χ0v) is 13.3. The summed E-state index contributed by atoms with van der Waals surface area (Å²) in [6, 6.07) is 7.44. The van der Waals surface area contributed by atoms with Gasteiger partial charge in [0.25, 0.3) is 5.91 Å². The van der Waals surface area contributed by atoms with Crippen molar-refractivity contribution in [2.75, 3.05) is 20.1 Å². The summed E-state index contributed by atoms with van der Waals surface area (Å²) in [5, 5.41) is 7.06. The first-order valence-corrected chi connectivity index (χ1v) is 7.64. The highest BCUT2D eigenvalue weighted by molar-refractivity contribution is 5.97. The number of rotatable bonds is 5. The van der Waals surface area contributed by atoms with Crippen LogP contribution in [0.1, 0.15) is 28.5 Å². The SMILES string of the molecule is Cc1nc(COc2ccccc2C(=O)N(C)[C@H]2CCNC2)no1. The summed E-state index contributed by atoms with van der Waals surface area (Å²) >= 11 is 0. The number of nitrogens with one attached hydrogen (secondary N) is 1. The first kappa shape index (κ1) is 15.5. The lowest BCUT2D eigenvalue weighted by molar-refractivity contribution is 0.0738. The van der Waals surface area contributed by atoms with E-state index in [-0.39, 0.29) is 18.6 Å². The van der Waals surface area contributed by atoms with Crippen LogP contribution in [-0.4, -0.2) is 47.1 Å². The Labute approximate surface area is 134 Å². The molecule has 0 aliphatic carbocycles. The Morgan fingerprint density at radius 1 is 1.48 bits per heavy atom. The Balaban J connectivity index is 1.72. The smallest absolute Gasteiger partial charge is 0.257 e. The Morgan fingerprint density at radius 3 is 3.00 bits per heavy atom. The lowest BCUT2D eigenvalue weighted by Crippen LogP contribution is -2.38. The van der Waals surface area contributed by atoms with E-state index in [9.17, 15) is 4.79 Å². The van der Waals surface area contributed by atoms with Crippen molar-refractivity contribution >= 4 is 5.91 Å². The van der Waals surface area contributed by atoms with Crippen LogP contribution in [0.3, 0.4) is 0 Å². The molecule has 0 unspecified atom stereocenters. The molecular weight excluding hydrogens is 296 g/mol. The van der Waals surface area contributed by atoms with Gasteiger partial charge in [-0.15, -0.1) is 0 Å². The zero-order valence-electron chi connectivity index (χ0n) is 13.3. The molecule has 1 aliphatic heterocycles. The number of carbonyl (C=O) groups is 1. The minimum absolute atomic E-state index is 0.0430. The van der Waals surface area contributed by atoms with Crippen LogP contribution in [0.5, 0.6) is 5.75 Å². The second-order valence-electron chi connectivity index (χ2n) is 5.58. The third-order valence-corrected chi connectivity index (χ3v) is 3.95. The average molecular weight is 316 g/mol. The van der Waals surface area contributed by atoms with Gasteiger partial charge in [0.15, 0.2) is 6.61 Å². The quantitative estimate of drug-likeness (QED) is 0.898. The van der Waals surface area contributed by atoms with Crippen molar-refractivity contribution in [2.24, 2.45) is 0 Å². The van der Waals surface area contributed by atoms with Crippen LogP contribution in [0, 0.1) is 6.92 Å². The lowest BCUT2D eigenvalue weighted by Gasteiger charge is -2.24. The van der Waals surface area contributed by atoms with E-state index < -0.39 is 0 Å². The molecule has 1 aromatic heterocycles. The van der Waals surface area contributed by atoms with Gasteiger partial charge in [-0.05, 0) is 25.1 Å². The number of aryl methyl sites for hydroxylation is 1. The fourth-order valence-corrected chi connectivity index (χ4v) is 2.64. The first-order valence-electron chi connectivity index (χ1n) is 7.64. The van der Waals surface area contributed by atoms with Gasteiger partial charge in [0.2, 0.25) is 11.7 Å². The highest BCUT2D eigenvalue weighted by Crippen LogP contribution is 2.22. The maximum Gasteiger partial charge on any atom is 0.257 e. The normalized spacial score (nSPS) is 17.2. The Bertz CT molecular complexity index is 679. The van der Waals surface area contributed by atoms with E-state index in [2.05, 4.69) is 15.5 Å². The number of benzene rings is 1. The number of ether oxygens (including phenoxy) is 1. The zero-order chi connectivity index (χ0) is 16.2. The minimum Gasteiger partial charge on any atom is -0.485 e. The summed E-state index contributed by atoms with van der Waals surface area (Å²) in [5.74, 6) is 1.43. The van der Waals surface area contributed by atoms with Gasteiger partial charge in [-0.2, -0.15) is 4.98 Å². The van der Waals surface area contributed by atoms with E-state index in [0.717, 1.165) is 19.5 Å². The first-order chi connectivity index (χ1) is 11.1. The van der Waals surface area contributed by atoms with Crippen molar-refractivity contribution in [1.29, 1.82) is 0 Å². The standard InChI is InChI=1S/C16H20N4O3/c1-11-18-15(19-23-11)10-22-14-6-4-3-5-13(14)16(21)20(2)12-7-8-17-9-12/h3-6,12,17H,7-10H2,1-2H3/t12-/m0/s1. The van der Waals surface area contributed by atoms with Crippen LogP contribution in [0.2, 0.25) is 0 Å². The summed E-state index contributed by atoms with van der Waals surface area (Å²) in [4.78, 5) is 18.6. The van der Waals surface area contributed by atoms with Gasteiger partial charge in [0.1, 0.15) is 5.75 Å². The monoisotopic (exact) mass is 316 g/mol. The topological polar surface area (TPSA) is 80.5 Å². The average Bonchev–Trinajstić information content (AvgIpc) is 3.23. The molecule has 1 saturated heterocycles. The van der Waals surface area contributed by atoms with Gasteiger partial charge in [0.05, 0.1) is 5.56 Å². The number of aromatic nitrogens is 2. The van der Waals surface area contributed by atoms with E-state index in [0.29, 0.717) is 23.0 Å². The van der Waals surface area contributed by atoms with E-state index >= 15 is 0 Å². The summed E-state index contributed by atoms with van der Waals surface area (Å²) in [6.07, 6.45) is 0.966. The van der Waals surface area contributed by atoms with Crippen LogP contribution in [-0.2, 0) is 6.61 Å². The largest absolute Gasteiger partial charge is 0.485 e. The van der Waals surface area contributed by atoms with Crippen molar-refractivity contribution in [3.05, 3.63) is 41.5 Å². The van der Waals surface area contributed by atoms with Crippen molar-refractivity contribution in [2.45, 2.75) is 26.0 Å². The molecule has 1 aliphatic rings. The summed E-state index contributed by atoms with van der Waals surface area (Å²) in [5.41, 5.74) is 0.544. The molecular formula is C16H20N4O3. The van der Waals surface area contributed by atoms with Crippen molar-refractivity contribution < 1.29 is 14.1 Å². The van der Waals surface area contributed by atoms with Gasteiger partial charge in [0, 0.05) is 26.6 Å². The minimum atomic E-state index is -0.0430. The van der Waals surface area contributed by atoms with Gasteiger partial charge in [-0.25, -0.2) is 0 Å². The predicted molar refractivity (Wildman–Crippen MR) is 83.2 cm³/mol.